The molecule has 0 aliphatic carbocycles. The van der Waals surface area contributed by atoms with Gasteiger partial charge in [-0.2, -0.15) is 0 Å². The Bertz CT molecular complexity index is 327. The molecule has 0 spiro atoms. The first kappa shape index (κ1) is 14.3. The molecule has 1 heterocycles. The molecular weight excluding hydrogens is 234 g/mol. The summed E-state index contributed by atoms with van der Waals surface area (Å²) in [5.74, 6) is -0.0519. The van der Waals surface area contributed by atoms with Gasteiger partial charge in [0, 0.05) is 4.88 Å². The van der Waals surface area contributed by atoms with Crippen molar-refractivity contribution in [3.8, 4) is 0 Å². The SMILES string of the molecule is CCc1nc(NC(=O)CNC)sc1C.Cl. The predicted molar refractivity (Wildman–Crippen MR) is 66.0 cm³/mol. The van der Waals surface area contributed by atoms with Crippen LogP contribution in [0, 0.1) is 6.92 Å². The van der Waals surface area contributed by atoms with Crippen molar-refractivity contribution in [3.63, 3.8) is 0 Å². The zero-order valence-electron chi connectivity index (χ0n) is 9.09. The van der Waals surface area contributed by atoms with E-state index in [-0.39, 0.29) is 18.3 Å². The number of thiazole rings is 1. The van der Waals surface area contributed by atoms with Crippen LogP contribution >= 0.6 is 23.7 Å². The zero-order valence-corrected chi connectivity index (χ0v) is 10.7. The van der Waals surface area contributed by atoms with E-state index in [1.165, 1.54) is 16.2 Å². The van der Waals surface area contributed by atoms with Crippen LogP contribution in [0.1, 0.15) is 17.5 Å². The number of aryl methyl sites for hydroxylation is 2. The number of halogens is 1. The molecule has 0 aromatic carbocycles. The molecule has 0 saturated carbocycles. The lowest BCUT2D eigenvalue weighted by Gasteiger charge is -1.98. The zero-order chi connectivity index (χ0) is 10.6. The largest absolute Gasteiger partial charge is 0.311 e. The Morgan fingerprint density at radius 3 is 2.67 bits per heavy atom. The van der Waals surface area contributed by atoms with E-state index in [0.29, 0.717) is 11.7 Å². The molecule has 0 aliphatic rings. The van der Waals surface area contributed by atoms with Crippen molar-refractivity contribution in [3.05, 3.63) is 10.6 Å². The lowest BCUT2D eigenvalue weighted by Crippen LogP contribution is -2.24. The van der Waals surface area contributed by atoms with Crippen molar-refractivity contribution >= 4 is 34.8 Å². The van der Waals surface area contributed by atoms with Crippen LogP contribution < -0.4 is 10.6 Å². The highest BCUT2D eigenvalue weighted by Crippen LogP contribution is 2.21. The molecule has 1 aromatic heterocycles. The average Bonchev–Trinajstić information content (AvgIpc) is 2.46. The second kappa shape index (κ2) is 6.76. The maximum Gasteiger partial charge on any atom is 0.240 e. The molecule has 0 aliphatic heterocycles. The minimum atomic E-state index is -0.0519. The molecule has 0 saturated heterocycles. The van der Waals surface area contributed by atoms with E-state index in [1.54, 1.807) is 7.05 Å². The number of rotatable bonds is 4. The second-order valence-electron chi connectivity index (χ2n) is 2.95. The Hall–Kier alpha value is -0.650. The maximum absolute atomic E-state index is 11.2. The van der Waals surface area contributed by atoms with Gasteiger partial charge >= 0.3 is 0 Å². The molecule has 0 fully saturated rings. The van der Waals surface area contributed by atoms with Crippen molar-refractivity contribution in [2.75, 3.05) is 18.9 Å². The van der Waals surface area contributed by atoms with E-state index in [1.807, 2.05) is 6.92 Å². The smallest absolute Gasteiger partial charge is 0.240 e. The number of hydrogen-bond acceptors (Lipinski definition) is 4. The van der Waals surface area contributed by atoms with E-state index in [2.05, 4.69) is 22.5 Å². The highest BCUT2D eigenvalue weighted by molar-refractivity contribution is 7.15. The molecule has 86 valence electrons. The van der Waals surface area contributed by atoms with Gasteiger partial charge in [0.1, 0.15) is 0 Å². The molecular formula is C9H16ClN3OS. The number of aromatic nitrogens is 1. The molecule has 1 aromatic rings. The molecule has 0 radical (unpaired) electrons. The van der Waals surface area contributed by atoms with Gasteiger partial charge in [0.05, 0.1) is 12.2 Å². The topological polar surface area (TPSA) is 54.0 Å². The summed E-state index contributed by atoms with van der Waals surface area (Å²) in [4.78, 5) is 16.7. The molecule has 0 bridgehead atoms. The summed E-state index contributed by atoms with van der Waals surface area (Å²) in [6.45, 7) is 4.39. The lowest BCUT2D eigenvalue weighted by molar-refractivity contribution is -0.115. The number of carbonyl (C=O) groups excluding carboxylic acids is 1. The monoisotopic (exact) mass is 249 g/mol. The van der Waals surface area contributed by atoms with Gasteiger partial charge in [0.15, 0.2) is 5.13 Å². The van der Waals surface area contributed by atoms with Gasteiger partial charge in [0.2, 0.25) is 5.91 Å². The van der Waals surface area contributed by atoms with Gasteiger partial charge < -0.3 is 10.6 Å². The van der Waals surface area contributed by atoms with Crippen molar-refractivity contribution in [2.45, 2.75) is 20.3 Å². The number of nitrogens with zero attached hydrogens (tertiary/aromatic N) is 1. The number of carbonyl (C=O) groups is 1. The minimum absolute atomic E-state index is 0. The third-order valence-electron chi connectivity index (χ3n) is 1.81. The number of anilines is 1. The molecule has 0 atom stereocenters. The lowest BCUT2D eigenvalue weighted by atomic mass is 10.3. The first-order valence-corrected chi connectivity index (χ1v) is 5.39. The van der Waals surface area contributed by atoms with Crippen LogP contribution in [0.4, 0.5) is 5.13 Å². The molecule has 1 amide bonds. The van der Waals surface area contributed by atoms with Crippen LogP contribution in [-0.2, 0) is 11.2 Å². The Morgan fingerprint density at radius 2 is 2.20 bits per heavy atom. The van der Waals surface area contributed by atoms with Gasteiger partial charge in [-0.1, -0.05) is 6.92 Å². The highest BCUT2D eigenvalue weighted by atomic mass is 35.5. The van der Waals surface area contributed by atoms with Crippen molar-refractivity contribution in [1.82, 2.24) is 10.3 Å². The third kappa shape index (κ3) is 4.15. The Labute approximate surface area is 99.9 Å². The summed E-state index contributed by atoms with van der Waals surface area (Å²) in [7, 11) is 1.74. The summed E-state index contributed by atoms with van der Waals surface area (Å²) < 4.78 is 0. The van der Waals surface area contributed by atoms with E-state index in [9.17, 15) is 4.79 Å². The summed E-state index contributed by atoms with van der Waals surface area (Å²) in [6.07, 6.45) is 0.907. The molecule has 2 N–H and O–H groups in total. The van der Waals surface area contributed by atoms with Crippen LogP contribution in [0.25, 0.3) is 0 Å². The van der Waals surface area contributed by atoms with E-state index >= 15 is 0 Å². The third-order valence-corrected chi connectivity index (χ3v) is 2.74. The fourth-order valence-electron chi connectivity index (χ4n) is 1.13. The minimum Gasteiger partial charge on any atom is -0.311 e. The summed E-state index contributed by atoms with van der Waals surface area (Å²) in [5.41, 5.74) is 1.06. The summed E-state index contributed by atoms with van der Waals surface area (Å²) >= 11 is 1.52. The van der Waals surface area contributed by atoms with Crippen molar-refractivity contribution < 1.29 is 4.79 Å². The maximum atomic E-state index is 11.2. The van der Waals surface area contributed by atoms with E-state index in [0.717, 1.165) is 12.1 Å². The van der Waals surface area contributed by atoms with Gasteiger partial charge in [-0.3, -0.25) is 4.79 Å². The van der Waals surface area contributed by atoms with E-state index in [4.69, 9.17) is 0 Å². The van der Waals surface area contributed by atoms with Crippen molar-refractivity contribution in [1.29, 1.82) is 0 Å². The molecule has 1 rings (SSSR count). The Morgan fingerprint density at radius 1 is 1.53 bits per heavy atom. The van der Waals surface area contributed by atoms with Crippen molar-refractivity contribution in [2.24, 2.45) is 0 Å². The number of nitrogens with one attached hydrogen (secondary N) is 2. The summed E-state index contributed by atoms with van der Waals surface area (Å²) in [5, 5.41) is 6.23. The average molecular weight is 250 g/mol. The van der Waals surface area contributed by atoms with Gasteiger partial charge in [-0.05, 0) is 20.4 Å². The van der Waals surface area contributed by atoms with Crippen LogP contribution in [0.3, 0.4) is 0 Å². The van der Waals surface area contributed by atoms with Crippen LogP contribution in [0.15, 0.2) is 0 Å². The van der Waals surface area contributed by atoms with Crippen LogP contribution in [-0.4, -0.2) is 24.5 Å². The first-order valence-electron chi connectivity index (χ1n) is 4.58. The Balaban J connectivity index is 0.00000196. The van der Waals surface area contributed by atoms with E-state index < -0.39 is 0 Å². The normalized spacial score (nSPS) is 9.53. The fourth-order valence-corrected chi connectivity index (χ4v) is 2.05. The quantitative estimate of drug-likeness (QED) is 0.852. The number of hydrogen-bond donors (Lipinski definition) is 2. The molecule has 15 heavy (non-hydrogen) atoms. The van der Waals surface area contributed by atoms with Crippen LogP contribution in [0.2, 0.25) is 0 Å². The number of amides is 1. The predicted octanol–water partition coefficient (Wildman–Crippen LogP) is 1.59. The van der Waals surface area contributed by atoms with Gasteiger partial charge in [0.25, 0.3) is 0 Å². The standard InChI is InChI=1S/C9H15N3OS.ClH/c1-4-7-6(2)14-9(11-7)12-8(13)5-10-3;/h10H,4-5H2,1-3H3,(H,11,12,13);1H. The van der Waals surface area contributed by atoms with Gasteiger partial charge in [-0.25, -0.2) is 4.98 Å². The first-order chi connectivity index (χ1) is 6.67. The second-order valence-corrected chi connectivity index (χ2v) is 4.16. The molecule has 6 heteroatoms. The fraction of sp³-hybridized carbons (Fsp3) is 0.556. The molecule has 4 nitrogen and oxygen atoms in total. The Kier molecular flexibility index (Phi) is 6.47. The summed E-state index contributed by atoms with van der Waals surface area (Å²) in [6, 6.07) is 0. The number of likely N-dealkylation sites (N-methyl/N-ethyl adjacent to an activating group) is 1. The van der Waals surface area contributed by atoms with Gasteiger partial charge in [-0.15, -0.1) is 23.7 Å². The highest BCUT2D eigenvalue weighted by Gasteiger charge is 2.07. The molecule has 0 unspecified atom stereocenters. The van der Waals surface area contributed by atoms with Crippen LogP contribution in [0.5, 0.6) is 0 Å².